The number of furan rings is 1. The summed E-state index contributed by atoms with van der Waals surface area (Å²) in [6.45, 7) is 0. The standard InChI is InChI=1S/C25H19Cl2N3O2S/c1-31-17-6-4-5-16(14-17)30-24(23(29-25(30)33)20-7-2-3-12-28-20)22-11-10-21(32-22)15-8-9-18(26)19(27)13-15/h2-14,23-24H,1H3,(H,29,33)/t23-,24-/m1/s1. The second kappa shape index (κ2) is 9.06. The minimum atomic E-state index is -0.268. The molecule has 1 fully saturated rings. The van der Waals surface area contributed by atoms with Crippen molar-refractivity contribution in [3.63, 3.8) is 0 Å². The fraction of sp³-hybridized carbons (Fsp3) is 0.120. The lowest BCUT2D eigenvalue weighted by Gasteiger charge is -2.26. The minimum absolute atomic E-state index is 0.210. The van der Waals surface area contributed by atoms with Crippen LogP contribution in [0.3, 0.4) is 0 Å². The number of aromatic nitrogens is 1. The predicted octanol–water partition coefficient (Wildman–Crippen LogP) is 6.83. The van der Waals surface area contributed by atoms with Crippen molar-refractivity contribution < 1.29 is 9.15 Å². The first kappa shape index (κ1) is 21.8. The van der Waals surface area contributed by atoms with Crippen molar-refractivity contribution in [2.24, 2.45) is 0 Å². The van der Waals surface area contributed by atoms with Crippen LogP contribution in [0.4, 0.5) is 5.69 Å². The fourth-order valence-electron chi connectivity index (χ4n) is 4.00. The van der Waals surface area contributed by atoms with Gasteiger partial charge in [-0.25, -0.2) is 0 Å². The lowest BCUT2D eigenvalue weighted by molar-refractivity contribution is 0.414. The van der Waals surface area contributed by atoms with Gasteiger partial charge in [0.25, 0.3) is 0 Å². The number of hydrogen-bond donors (Lipinski definition) is 1. The number of nitrogens with one attached hydrogen (secondary N) is 1. The van der Waals surface area contributed by atoms with E-state index in [1.165, 1.54) is 0 Å². The molecule has 1 saturated heterocycles. The molecule has 1 aliphatic heterocycles. The summed E-state index contributed by atoms with van der Waals surface area (Å²) < 4.78 is 11.8. The van der Waals surface area contributed by atoms with Gasteiger partial charge < -0.3 is 19.4 Å². The molecule has 1 aliphatic rings. The highest BCUT2D eigenvalue weighted by atomic mass is 35.5. The van der Waals surface area contributed by atoms with E-state index in [1.807, 2.05) is 65.6 Å². The zero-order valence-electron chi connectivity index (χ0n) is 17.5. The molecule has 1 N–H and O–H groups in total. The molecule has 0 aliphatic carbocycles. The zero-order valence-corrected chi connectivity index (χ0v) is 19.9. The number of anilines is 1. The molecule has 0 radical (unpaired) electrons. The summed E-state index contributed by atoms with van der Waals surface area (Å²) in [7, 11) is 1.64. The van der Waals surface area contributed by atoms with Gasteiger partial charge in [0.1, 0.15) is 23.3 Å². The Morgan fingerprint density at radius 1 is 1.00 bits per heavy atom. The molecule has 0 saturated carbocycles. The third-order valence-electron chi connectivity index (χ3n) is 5.55. The van der Waals surface area contributed by atoms with E-state index in [2.05, 4.69) is 10.3 Å². The van der Waals surface area contributed by atoms with Crippen LogP contribution in [0.5, 0.6) is 5.75 Å². The quantitative estimate of drug-likeness (QED) is 0.306. The number of pyridine rings is 1. The van der Waals surface area contributed by atoms with E-state index in [1.54, 1.807) is 25.4 Å². The van der Waals surface area contributed by atoms with Crippen molar-refractivity contribution in [2.75, 3.05) is 12.0 Å². The lowest BCUT2D eigenvalue weighted by Crippen LogP contribution is -2.29. The maximum Gasteiger partial charge on any atom is 0.174 e. The first-order valence-electron chi connectivity index (χ1n) is 10.2. The third-order valence-corrected chi connectivity index (χ3v) is 6.61. The Bertz CT molecular complexity index is 1310. The highest BCUT2D eigenvalue weighted by molar-refractivity contribution is 7.80. The SMILES string of the molecule is COc1cccc(N2C(=S)N[C@H](c3ccccn3)[C@H]2c2ccc(-c3ccc(Cl)c(Cl)c3)o2)c1. The Balaban J connectivity index is 1.60. The average Bonchev–Trinajstić information content (AvgIpc) is 3.46. The minimum Gasteiger partial charge on any atom is -0.497 e. The summed E-state index contributed by atoms with van der Waals surface area (Å²) in [5.74, 6) is 2.17. The second-order valence-corrected chi connectivity index (χ2v) is 8.73. The molecule has 33 heavy (non-hydrogen) atoms. The van der Waals surface area contributed by atoms with E-state index in [0.717, 1.165) is 28.5 Å². The van der Waals surface area contributed by atoms with Gasteiger partial charge in [-0.1, -0.05) is 35.3 Å². The van der Waals surface area contributed by atoms with E-state index >= 15 is 0 Å². The number of ether oxygens (including phenoxy) is 1. The van der Waals surface area contributed by atoms with Crippen LogP contribution in [-0.4, -0.2) is 17.2 Å². The molecular weight excluding hydrogens is 477 g/mol. The summed E-state index contributed by atoms with van der Waals surface area (Å²) in [6, 6.07) is 22.4. The molecule has 5 nitrogen and oxygen atoms in total. The summed E-state index contributed by atoms with van der Waals surface area (Å²) >= 11 is 18.1. The molecule has 8 heteroatoms. The topological polar surface area (TPSA) is 50.5 Å². The van der Waals surface area contributed by atoms with E-state index in [4.69, 9.17) is 44.6 Å². The van der Waals surface area contributed by atoms with E-state index < -0.39 is 0 Å². The molecule has 0 spiro atoms. The van der Waals surface area contributed by atoms with Gasteiger partial charge in [0, 0.05) is 23.5 Å². The van der Waals surface area contributed by atoms with Gasteiger partial charge in [0.15, 0.2) is 5.11 Å². The van der Waals surface area contributed by atoms with E-state index in [9.17, 15) is 0 Å². The number of halogens is 2. The smallest absolute Gasteiger partial charge is 0.174 e. The van der Waals surface area contributed by atoms with Crippen LogP contribution in [0.15, 0.2) is 83.4 Å². The van der Waals surface area contributed by atoms with Gasteiger partial charge in [-0.15, -0.1) is 0 Å². The van der Waals surface area contributed by atoms with Crippen molar-refractivity contribution in [3.8, 4) is 17.1 Å². The van der Waals surface area contributed by atoms with E-state index in [-0.39, 0.29) is 12.1 Å². The number of methoxy groups -OCH3 is 1. The lowest BCUT2D eigenvalue weighted by atomic mass is 10.0. The van der Waals surface area contributed by atoms with Crippen molar-refractivity contribution >= 4 is 46.2 Å². The zero-order chi connectivity index (χ0) is 22.9. The largest absolute Gasteiger partial charge is 0.497 e. The number of benzene rings is 2. The normalized spacial score (nSPS) is 17.8. The molecule has 0 unspecified atom stereocenters. The van der Waals surface area contributed by atoms with Gasteiger partial charge in [-0.3, -0.25) is 4.98 Å². The van der Waals surface area contributed by atoms with Crippen molar-refractivity contribution in [3.05, 3.63) is 100 Å². The van der Waals surface area contributed by atoms with Crippen molar-refractivity contribution in [2.45, 2.75) is 12.1 Å². The fourth-order valence-corrected chi connectivity index (χ4v) is 4.64. The second-order valence-electron chi connectivity index (χ2n) is 7.53. The molecule has 2 aromatic heterocycles. The molecule has 5 rings (SSSR count). The predicted molar refractivity (Wildman–Crippen MR) is 135 cm³/mol. The Morgan fingerprint density at radius 3 is 2.64 bits per heavy atom. The van der Waals surface area contributed by atoms with Crippen molar-refractivity contribution in [1.82, 2.24) is 10.3 Å². The van der Waals surface area contributed by atoms with Crippen LogP contribution in [-0.2, 0) is 0 Å². The van der Waals surface area contributed by atoms with Gasteiger partial charge in [-0.05, 0) is 66.8 Å². The Hall–Kier alpha value is -3.06. The number of nitrogens with zero attached hydrogens (tertiary/aromatic N) is 2. The molecule has 4 aromatic rings. The Labute approximate surface area is 206 Å². The first-order chi connectivity index (χ1) is 16.0. The van der Waals surface area contributed by atoms with E-state index in [0.29, 0.717) is 20.9 Å². The highest BCUT2D eigenvalue weighted by Crippen LogP contribution is 2.43. The van der Waals surface area contributed by atoms with Gasteiger partial charge in [0.05, 0.1) is 28.9 Å². The van der Waals surface area contributed by atoms with Crippen LogP contribution in [0.25, 0.3) is 11.3 Å². The summed E-state index contributed by atoms with van der Waals surface area (Å²) in [6.07, 6.45) is 1.77. The summed E-state index contributed by atoms with van der Waals surface area (Å²) in [4.78, 5) is 6.61. The molecule has 0 amide bonds. The monoisotopic (exact) mass is 495 g/mol. The summed E-state index contributed by atoms with van der Waals surface area (Å²) in [5, 5.41) is 4.98. The molecular formula is C25H19Cl2N3O2S. The Morgan fingerprint density at radius 2 is 1.88 bits per heavy atom. The number of rotatable bonds is 5. The molecule has 2 atom stereocenters. The third kappa shape index (κ3) is 4.17. The van der Waals surface area contributed by atoms with Crippen LogP contribution in [0.1, 0.15) is 23.5 Å². The van der Waals surface area contributed by atoms with Gasteiger partial charge >= 0.3 is 0 Å². The number of thiocarbonyl (C=S) groups is 1. The van der Waals surface area contributed by atoms with Gasteiger partial charge in [-0.2, -0.15) is 0 Å². The average molecular weight is 496 g/mol. The van der Waals surface area contributed by atoms with Crippen LogP contribution in [0, 0.1) is 0 Å². The molecule has 2 aromatic carbocycles. The molecule has 166 valence electrons. The summed E-state index contributed by atoms with van der Waals surface area (Å²) in [5.41, 5.74) is 2.59. The van der Waals surface area contributed by atoms with Crippen LogP contribution in [0.2, 0.25) is 10.0 Å². The molecule has 3 heterocycles. The maximum absolute atomic E-state index is 6.35. The molecule has 0 bridgehead atoms. The van der Waals surface area contributed by atoms with Crippen LogP contribution < -0.4 is 15.0 Å². The number of hydrogen-bond acceptors (Lipinski definition) is 4. The Kier molecular flexibility index (Phi) is 5.98. The first-order valence-corrected chi connectivity index (χ1v) is 11.4. The van der Waals surface area contributed by atoms with Crippen LogP contribution >= 0.6 is 35.4 Å². The van der Waals surface area contributed by atoms with Gasteiger partial charge in [0.2, 0.25) is 0 Å². The highest BCUT2D eigenvalue weighted by Gasteiger charge is 2.42. The van der Waals surface area contributed by atoms with Crippen molar-refractivity contribution in [1.29, 1.82) is 0 Å². The maximum atomic E-state index is 6.35.